The number of halogens is 1. The van der Waals surface area contributed by atoms with Crippen molar-refractivity contribution in [2.24, 2.45) is 5.92 Å². The molecule has 0 spiro atoms. The smallest absolute Gasteiger partial charge is 0.225 e. The molecule has 0 bridgehead atoms. The number of hydrogen-bond acceptors (Lipinski definition) is 3. The average molecular weight is 410 g/mol. The topological polar surface area (TPSA) is 52.7 Å². The van der Waals surface area contributed by atoms with Crippen LogP contribution in [-0.2, 0) is 29.1 Å². The van der Waals surface area contributed by atoms with Gasteiger partial charge in [0.1, 0.15) is 5.82 Å². The third-order valence-electron chi connectivity index (χ3n) is 6.09. The number of likely N-dealkylation sites (tertiary alicyclic amines) is 1. The van der Waals surface area contributed by atoms with Crippen molar-refractivity contribution in [2.45, 2.75) is 38.8 Å². The molecule has 1 atom stereocenters. The predicted octanol–water partition coefficient (Wildman–Crippen LogP) is 3.26. The first-order valence-corrected chi connectivity index (χ1v) is 10.6. The van der Waals surface area contributed by atoms with Gasteiger partial charge in [0.25, 0.3) is 0 Å². The molecule has 2 heterocycles. The van der Waals surface area contributed by atoms with E-state index in [0.29, 0.717) is 32.5 Å². The minimum atomic E-state index is -0.317. The minimum Gasteiger partial charge on any atom is -0.374 e. The Bertz CT molecular complexity index is 946. The molecule has 2 amide bonds. The summed E-state index contributed by atoms with van der Waals surface area (Å²) in [6, 6.07) is 12.7. The molecular weight excluding hydrogens is 381 g/mol. The molecule has 2 aromatic carbocycles. The zero-order valence-corrected chi connectivity index (χ0v) is 17.4. The molecule has 30 heavy (non-hydrogen) atoms. The van der Waals surface area contributed by atoms with Crippen LogP contribution in [0.2, 0.25) is 0 Å². The maximum atomic E-state index is 13.4. The van der Waals surface area contributed by atoms with Crippen LogP contribution in [0.5, 0.6) is 0 Å². The SMILES string of the molecule is CN1CCCc2cc(CNC(=O)C3CCC(=O)N(Cc4cccc(F)c4)C3)ccc21. The average Bonchev–Trinajstić information content (AvgIpc) is 2.74. The second-order valence-electron chi connectivity index (χ2n) is 8.35. The van der Waals surface area contributed by atoms with Crippen LogP contribution in [0.3, 0.4) is 0 Å². The number of carbonyl (C=O) groups is 2. The summed E-state index contributed by atoms with van der Waals surface area (Å²) in [6.07, 6.45) is 3.12. The van der Waals surface area contributed by atoms with E-state index in [9.17, 15) is 14.0 Å². The summed E-state index contributed by atoms with van der Waals surface area (Å²) in [5.41, 5.74) is 4.44. The van der Waals surface area contributed by atoms with Crippen molar-refractivity contribution in [3.8, 4) is 0 Å². The van der Waals surface area contributed by atoms with Gasteiger partial charge in [0, 0.05) is 45.3 Å². The van der Waals surface area contributed by atoms with E-state index in [2.05, 4.69) is 35.5 Å². The highest BCUT2D eigenvalue weighted by atomic mass is 19.1. The maximum Gasteiger partial charge on any atom is 0.225 e. The van der Waals surface area contributed by atoms with E-state index in [-0.39, 0.29) is 23.5 Å². The molecule has 2 aromatic rings. The van der Waals surface area contributed by atoms with E-state index < -0.39 is 0 Å². The van der Waals surface area contributed by atoms with Crippen LogP contribution in [0.1, 0.15) is 36.0 Å². The first-order chi connectivity index (χ1) is 14.5. The van der Waals surface area contributed by atoms with Crippen LogP contribution in [0.4, 0.5) is 10.1 Å². The molecule has 158 valence electrons. The number of fused-ring (bicyclic) bond motifs is 1. The summed E-state index contributed by atoms with van der Waals surface area (Å²) >= 11 is 0. The van der Waals surface area contributed by atoms with E-state index in [4.69, 9.17) is 0 Å². The number of carbonyl (C=O) groups excluding carboxylic acids is 2. The highest BCUT2D eigenvalue weighted by Gasteiger charge is 2.30. The van der Waals surface area contributed by atoms with Crippen LogP contribution in [-0.4, -0.2) is 36.9 Å². The van der Waals surface area contributed by atoms with Gasteiger partial charge in [-0.2, -0.15) is 0 Å². The fourth-order valence-corrected chi connectivity index (χ4v) is 4.42. The number of benzene rings is 2. The number of hydrogen-bond donors (Lipinski definition) is 1. The molecule has 0 radical (unpaired) electrons. The number of anilines is 1. The van der Waals surface area contributed by atoms with Crippen molar-refractivity contribution < 1.29 is 14.0 Å². The van der Waals surface area contributed by atoms with Gasteiger partial charge < -0.3 is 15.1 Å². The first-order valence-electron chi connectivity index (χ1n) is 10.6. The normalized spacial score (nSPS) is 18.9. The second kappa shape index (κ2) is 8.86. The Morgan fingerprint density at radius 3 is 2.87 bits per heavy atom. The van der Waals surface area contributed by atoms with Gasteiger partial charge in [-0.15, -0.1) is 0 Å². The third kappa shape index (κ3) is 4.64. The number of nitrogens with one attached hydrogen (secondary N) is 1. The summed E-state index contributed by atoms with van der Waals surface area (Å²) in [5.74, 6) is -0.564. The molecule has 0 saturated carbocycles. The molecule has 2 aliphatic heterocycles. The predicted molar refractivity (Wildman–Crippen MR) is 114 cm³/mol. The highest BCUT2D eigenvalue weighted by molar-refractivity contribution is 5.83. The van der Waals surface area contributed by atoms with Gasteiger partial charge in [0.2, 0.25) is 11.8 Å². The molecule has 1 unspecified atom stereocenters. The van der Waals surface area contributed by atoms with Crippen molar-refractivity contribution in [2.75, 3.05) is 25.0 Å². The molecule has 1 N–H and O–H groups in total. The first kappa shape index (κ1) is 20.4. The van der Waals surface area contributed by atoms with E-state index in [1.807, 2.05) is 0 Å². The molecule has 0 aliphatic carbocycles. The van der Waals surface area contributed by atoms with Gasteiger partial charge in [-0.05, 0) is 54.2 Å². The van der Waals surface area contributed by atoms with Crippen molar-refractivity contribution in [3.63, 3.8) is 0 Å². The lowest BCUT2D eigenvalue weighted by atomic mass is 9.95. The molecule has 2 aliphatic rings. The lowest BCUT2D eigenvalue weighted by Crippen LogP contribution is -2.45. The van der Waals surface area contributed by atoms with Crippen LogP contribution in [0.15, 0.2) is 42.5 Å². The lowest BCUT2D eigenvalue weighted by molar-refractivity contribution is -0.139. The zero-order chi connectivity index (χ0) is 21.1. The van der Waals surface area contributed by atoms with E-state index in [0.717, 1.165) is 30.5 Å². The number of aryl methyl sites for hydroxylation is 1. The summed E-state index contributed by atoms with van der Waals surface area (Å²) in [4.78, 5) is 29.0. The molecule has 4 rings (SSSR count). The largest absolute Gasteiger partial charge is 0.374 e. The molecule has 1 fully saturated rings. The highest BCUT2D eigenvalue weighted by Crippen LogP contribution is 2.27. The summed E-state index contributed by atoms with van der Waals surface area (Å²) in [7, 11) is 2.11. The Morgan fingerprint density at radius 1 is 1.17 bits per heavy atom. The summed E-state index contributed by atoms with van der Waals surface area (Å²) in [5, 5.41) is 3.04. The number of piperidine rings is 1. The molecule has 6 heteroatoms. The Kier molecular flexibility index (Phi) is 6.02. The van der Waals surface area contributed by atoms with Gasteiger partial charge in [0.15, 0.2) is 0 Å². The third-order valence-corrected chi connectivity index (χ3v) is 6.09. The number of rotatable bonds is 5. The standard InChI is InChI=1S/C24H28FN3O2/c1-27-11-3-5-19-12-17(7-9-22(19)27)14-26-24(30)20-8-10-23(29)28(16-20)15-18-4-2-6-21(25)13-18/h2,4,6-7,9,12-13,20H,3,5,8,10-11,14-16H2,1H3,(H,26,30). The van der Waals surface area contributed by atoms with E-state index in [1.165, 1.54) is 23.4 Å². The number of amides is 2. The molecule has 0 aromatic heterocycles. The zero-order valence-electron chi connectivity index (χ0n) is 17.4. The van der Waals surface area contributed by atoms with Gasteiger partial charge in [-0.25, -0.2) is 4.39 Å². The quantitative estimate of drug-likeness (QED) is 0.825. The Labute approximate surface area is 176 Å². The number of nitrogens with zero attached hydrogens (tertiary/aromatic N) is 2. The van der Waals surface area contributed by atoms with Crippen LogP contribution in [0.25, 0.3) is 0 Å². The van der Waals surface area contributed by atoms with Crippen molar-refractivity contribution >= 4 is 17.5 Å². The molecule has 5 nitrogen and oxygen atoms in total. The summed E-state index contributed by atoms with van der Waals surface area (Å²) < 4.78 is 13.4. The van der Waals surface area contributed by atoms with Crippen LogP contribution >= 0.6 is 0 Å². The van der Waals surface area contributed by atoms with Gasteiger partial charge >= 0.3 is 0 Å². The van der Waals surface area contributed by atoms with Crippen molar-refractivity contribution in [3.05, 3.63) is 65.0 Å². The Hall–Kier alpha value is -2.89. The van der Waals surface area contributed by atoms with Gasteiger partial charge in [-0.3, -0.25) is 9.59 Å². The molecule has 1 saturated heterocycles. The van der Waals surface area contributed by atoms with E-state index in [1.54, 1.807) is 17.0 Å². The minimum absolute atomic E-state index is 0.0159. The fraction of sp³-hybridized carbons (Fsp3) is 0.417. The van der Waals surface area contributed by atoms with Crippen molar-refractivity contribution in [1.82, 2.24) is 10.2 Å². The van der Waals surface area contributed by atoms with Crippen molar-refractivity contribution in [1.29, 1.82) is 0 Å². The van der Waals surface area contributed by atoms with Gasteiger partial charge in [-0.1, -0.05) is 24.3 Å². The Morgan fingerprint density at radius 2 is 2.03 bits per heavy atom. The molecular formula is C24H28FN3O2. The second-order valence-corrected chi connectivity index (χ2v) is 8.35. The summed E-state index contributed by atoms with van der Waals surface area (Å²) in [6.45, 7) is 2.27. The van der Waals surface area contributed by atoms with E-state index >= 15 is 0 Å². The maximum absolute atomic E-state index is 13.4. The monoisotopic (exact) mass is 409 g/mol. The fourth-order valence-electron chi connectivity index (χ4n) is 4.42. The van der Waals surface area contributed by atoms with Gasteiger partial charge in [0.05, 0.1) is 5.92 Å². The Balaban J connectivity index is 1.35. The lowest BCUT2D eigenvalue weighted by Gasteiger charge is -2.32. The van der Waals surface area contributed by atoms with Crippen LogP contribution in [0, 0.1) is 11.7 Å². The van der Waals surface area contributed by atoms with Crippen LogP contribution < -0.4 is 10.2 Å².